The van der Waals surface area contributed by atoms with Crippen LogP contribution in [0.15, 0.2) is 18.2 Å². The first-order valence-electron chi connectivity index (χ1n) is 6.71. The van der Waals surface area contributed by atoms with E-state index in [1.54, 1.807) is 6.07 Å². The van der Waals surface area contributed by atoms with Crippen LogP contribution < -0.4 is 4.90 Å². The quantitative estimate of drug-likeness (QED) is 0.794. The number of nitriles is 1. The van der Waals surface area contributed by atoms with E-state index in [-0.39, 0.29) is 5.56 Å². The summed E-state index contributed by atoms with van der Waals surface area (Å²) in [6.07, 6.45) is 5.22. The van der Waals surface area contributed by atoms with Gasteiger partial charge in [-0.25, -0.2) is 4.39 Å². The van der Waals surface area contributed by atoms with E-state index in [0.717, 1.165) is 30.6 Å². The molecule has 0 spiro atoms. The summed E-state index contributed by atoms with van der Waals surface area (Å²) < 4.78 is 13.7. The smallest absolute Gasteiger partial charge is 0.143 e. The second-order valence-electron chi connectivity index (χ2n) is 5.57. The highest BCUT2D eigenvalue weighted by Gasteiger charge is 2.29. The van der Waals surface area contributed by atoms with Crippen LogP contribution in [0.25, 0.3) is 0 Å². The van der Waals surface area contributed by atoms with Crippen LogP contribution in [0.3, 0.4) is 0 Å². The Balaban J connectivity index is 1.78. The molecule has 0 N–H and O–H groups in total. The van der Waals surface area contributed by atoms with Crippen molar-refractivity contribution in [3.8, 4) is 6.07 Å². The van der Waals surface area contributed by atoms with E-state index >= 15 is 0 Å². The fourth-order valence-corrected chi connectivity index (χ4v) is 2.30. The van der Waals surface area contributed by atoms with Crippen molar-refractivity contribution >= 4 is 5.69 Å². The Morgan fingerprint density at radius 1 is 1.17 bits per heavy atom. The van der Waals surface area contributed by atoms with Gasteiger partial charge in [0.05, 0.1) is 5.56 Å². The molecule has 0 atom stereocenters. The van der Waals surface area contributed by atoms with Gasteiger partial charge in [-0.15, -0.1) is 0 Å². The van der Waals surface area contributed by atoms with E-state index in [1.165, 1.54) is 31.7 Å². The monoisotopic (exact) mass is 244 g/mol. The molecule has 2 aliphatic carbocycles. The average Bonchev–Trinajstić information content (AvgIpc) is 3.23. The second kappa shape index (κ2) is 4.61. The molecule has 1 aromatic rings. The largest absolute Gasteiger partial charge is 0.371 e. The molecule has 2 fully saturated rings. The van der Waals surface area contributed by atoms with Crippen LogP contribution in [0.2, 0.25) is 0 Å². The molecule has 0 unspecified atom stereocenters. The third-order valence-electron chi connectivity index (χ3n) is 3.79. The summed E-state index contributed by atoms with van der Waals surface area (Å²) in [6, 6.07) is 6.87. The molecule has 2 saturated carbocycles. The Kier molecular flexibility index (Phi) is 2.95. The molecular weight excluding hydrogens is 227 g/mol. The van der Waals surface area contributed by atoms with Gasteiger partial charge < -0.3 is 4.90 Å². The maximum Gasteiger partial charge on any atom is 0.143 e. The van der Waals surface area contributed by atoms with E-state index in [0.29, 0.717) is 0 Å². The van der Waals surface area contributed by atoms with Gasteiger partial charge in [-0.3, -0.25) is 0 Å². The van der Waals surface area contributed by atoms with Crippen LogP contribution in [0.4, 0.5) is 10.1 Å². The standard InChI is InChI=1S/C15H17FN2/c16-15-7-14(6-5-13(15)8-17)18(9-11-1-2-11)10-12-3-4-12/h5-7,11-12H,1-4,9-10H2. The highest BCUT2D eigenvalue weighted by molar-refractivity contribution is 5.50. The van der Waals surface area contributed by atoms with Crippen LogP contribution in [0.1, 0.15) is 31.2 Å². The molecule has 0 aliphatic heterocycles. The number of benzene rings is 1. The summed E-state index contributed by atoms with van der Waals surface area (Å²) in [4.78, 5) is 2.31. The number of rotatable bonds is 5. The highest BCUT2D eigenvalue weighted by atomic mass is 19.1. The molecule has 0 heterocycles. The predicted octanol–water partition coefficient (Wildman–Crippen LogP) is 3.32. The summed E-state index contributed by atoms with van der Waals surface area (Å²) in [5.41, 5.74) is 1.07. The van der Waals surface area contributed by atoms with Gasteiger partial charge >= 0.3 is 0 Å². The van der Waals surface area contributed by atoms with Gasteiger partial charge in [0.25, 0.3) is 0 Å². The zero-order chi connectivity index (χ0) is 12.5. The van der Waals surface area contributed by atoms with Gasteiger partial charge in [0.15, 0.2) is 0 Å². The molecule has 3 rings (SSSR count). The van der Waals surface area contributed by atoms with Crippen LogP contribution in [-0.2, 0) is 0 Å². The summed E-state index contributed by atoms with van der Waals surface area (Å²) in [5, 5.41) is 8.76. The Morgan fingerprint density at radius 3 is 2.22 bits per heavy atom. The van der Waals surface area contributed by atoms with Crippen molar-refractivity contribution in [2.24, 2.45) is 11.8 Å². The summed E-state index contributed by atoms with van der Waals surface area (Å²) in [6.45, 7) is 2.09. The Bertz CT molecular complexity index is 470. The first kappa shape index (κ1) is 11.5. The van der Waals surface area contributed by atoms with E-state index in [2.05, 4.69) is 4.90 Å². The zero-order valence-corrected chi connectivity index (χ0v) is 10.4. The minimum absolute atomic E-state index is 0.136. The lowest BCUT2D eigenvalue weighted by molar-refractivity contribution is 0.619. The first-order chi connectivity index (χ1) is 8.76. The minimum Gasteiger partial charge on any atom is -0.371 e. The predicted molar refractivity (Wildman–Crippen MR) is 68.8 cm³/mol. The summed E-state index contributed by atoms with van der Waals surface area (Å²) >= 11 is 0. The molecule has 3 heteroatoms. The van der Waals surface area contributed by atoms with Gasteiger partial charge in [0.2, 0.25) is 0 Å². The first-order valence-corrected chi connectivity index (χ1v) is 6.71. The molecule has 0 amide bonds. The van der Waals surface area contributed by atoms with Gasteiger partial charge in [0.1, 0.15) is 11.9 Å². The third kappa shape index (κ3) is 2.64. The van der Waals surface area contributed by atoms with E-state index in [4.69, 9.17) is 5.26 Å². The fraction of sp³-hybridized carbons (Fsp3) is 0.533. The molecule has 18 heavy (non-hydrogen) atoms. The molecule has 0 saturated heterocycles. The third-order valence-corrected chi connectivity index (χ3v) is 3.79. The number of anilines is 1. The highest BCUT2D eigenvalue weighted by Crippen LogP contribution is 2.35. The normalized spacial score (nSPS) is 18.4. The molecule has 2 nitrogen and oxygen atoms in total. The second-order valence-corrected chi connectivity index (χ2v) is 5.57. The lowest BCUT2D eigenvalue weighted by Crippen LogP contribution is -2.28. The van der Waals surface area contributed by atoms with Gasteiger partial charge in [-0.2, -0.15) is 5.26 Å². The van der Waals surface area contributed by atoms with Crippen LogP contribution in [0.5, 0.6) is 0 Å². The van der Waals surface area contributed by atoms with E-state index in [9.17, 15) is 4.39 Å². The molecule has 0 aromatic heterocycles. The molecule has 94 valence electrons. The minimum atomic E-state index is -0.397. The van der Waals surface area contributed by atoms with Crippen molar-refractivity contribution in [3.05, 3.63) is 29.6 Å². The maximum atomic E-state index is 13.7. The van der Waals surface area contributed by atoms with Crippen LogP contribution in [0, 0.1) is 29.0 Å². The Hall–Kier alpha value is -1.56. The number of nitrogens with zero attached hydrogens (tertiary/aromatic N) is 2. The molecule has 2 aliphatic rings. The number of halogens is 1. The van der Waals surface area contributed by atoms with E-state index < -0.39 is 5.82 Å². The SMILES string of the molecule is N#Cc1ccc(N(CC2CC2)CC2CC2)cc1F. The van der Waals surface area contributed by atoms with Crippen molar-refractivity contribution < 1.29 is 4.39 Å². The number of hydrogen-bond donors (Lipinski definition) is 0. The molecular formula is C15H17FN2. The molecule has 0 radical (unpaired) electrons. The zero-order valence-electron chi connectivity index (χ0n) is 10.4. The maximum absolute atomic E-state index is 13.7. The van der Waals surface area contributed by atoms with Crippen molar-refractivity contribution in [1.82, 2.24) is 0 Å². The van der Waals surface area contributed by atoms with Crippen LogP contribution in [-0.4, -0.2) is 13.1 Å². The van der Waals surface area contributed by atoms with Gasteiger partial charge in [-0.1, -0.05) is 0 Å². The Labute approximate surface area is 107 Å². The van der Waals surface area contributed by atoms with Crippen molar-refractivity contribution in [2.45, 2.75) is 25.7 Å². The van der Waals surface area contributed by atoms with E-state index in [1.807, 2.05) is 12.1 Å². The average molecular weight is 244 g/mol. The Morgan fingerprint density at radius 2 is 1.78 bits per heavy atom. The van der Waals surface area contributed by atoms with Crippen molar-refractivity contribution in [3.63, 3.8) is 0 Å². The van der Waals surface area contributed by atoms with Crippen LogP contribution >= 0.6 is 0 Å². The van der Waals surface area contributed by atoms with Crippen molar-refractivity contribution in [1.29, 1.82) is 5.26 Å². The number of hydrogen-bond acceptors (Lipinski definition) is 2. The molecule has 1 aromatic carbocycles. The lowest BCUT2D eigenvalue weighted by atomic mass is 10.1. The molecule has 0 bridgehead atoms. The fourth-order valence-electron chi connectivity index (χ4n) is 2.30. The topological polar surface area (TPSA) is 27.0 Å². The summed E-state index contributed by atoms with van der Waals surface area (Å²) in [7, 11) is 0. The van der Waals surface area contributed by atoms with Gasteiger partial charge in [-0.05, 0) is 55.7 Å². The van der Waals surface area contributed by atoms with Crippen molar-refractivity contribution in [2.75, 3.05) is 18.0 Å². The summed E-state index contributed by atoms with van der Waals surface area (Å²) in [5.74, 6) is 1.19. The lowest BCUT2D eigenvalue weighted by Gasteiger charge is -2.25. The van der Waals surface area contributed by atoms with Gasteiger partial charge in [0, 0.05) is 18.8 Å².